The van der Waals surface area contributed by atoms with Crippen LogP contribution in [0.5, 0.6) is 11.5 Å². The number of ether oxygens (including phenoxy) is 2. The predicted molar refractivity (Wildman–Crippen MR) is 128 cm³/mol. The van der Waals surface area contributed by atoms with E-state index in [-0.39, 0.29) is 6.42 Å². The van der Waals surface area contributed by atoms with Gasteiger partial charge in [-0.25, -0.2) is 9.59 Å². The summed E-state index contributed by atoms with van der Waals surface area (Å²) in [5.74, 6) is 0.147. The van der Waals surface area contributed by atoms with Crippen molar-refractivity contribution < 1.29 is 24.2 Å². The lowest BCUT2D eigenvalue weighted by molar-refractivity contribution is -0.139. The van der Waals surface area contributed by atoms with Crippen LogP contribution in [0.25, 0.3) is 0 Å². The monoisotopic (exact) mass is 460 g/mol. The average Bonchev–Trinajstić information content (AvgIpc) is 2.87. The highest BCUT2D eigenvalue weighted by molar-refractivity contribution is 5.83. The molecule has 0 aliphatic carbocycles. The van der Waals surface area contributed by atoms with E-state index in [0.29, 0.717) is 24.5 Å². The van der Waals surface area contributed by atoms with Crippen molar-refractivity contribution in [3.8, 4) is 11.5 Å². The second-order valence-corrected chi connectivity index (χ2v) is 8.19. The van der Waals surface area contributed by atoms with Crippen LogP contribution < -0.4 is 14.8 Å². The van der Waals surface area contributed by atoms with E-state index in [4.69, 9.17) is 9.47 Å². The van der Waals surface area contributed by atoms with Crippen LogP contribution in [-0.2, 0) is 17.6 Å². The molecule has 0 saturated carbocycles. The Morgan fingerprint density at radius 2 is 1.62 bits per heavy atom. The number of urea groups is 1. The number of hydrogen-bond donors (Lipinski definition) is 2. The lowest BCUT2D eigenvalue weighted by Crippen LogP contribution is -2.51. The molecule has 2 amide bonds. The number of carbonyl (C=O) groups is 2. The van der Waals surface area contributed by atoms with Crippen LogP contribution in [0.2, 0.25) is 0 Å². The minimum atomic E-state index is -1.07. The minimum Gasteiger partial charge on any atom is -0.493 e. The summed E-state index contributed by atoms with van der Waals surface area (Å²) in [5.41, 5.74) is 3.77. The number of carbonyl (C=O) groups excluding carboxylic acids is 1. The molecule has 2 N–H and O–H groups in total. The zero-order valence-electron chi connectivity index (χ0n) is 19.2. The summed E-state index contributed by atoms with van der Waals surface area (Å²) in [4.78, 5) is 27.1. The summed E-state index contributed by atoms with van der Waals surface area (Å²) in [6.07, 6.45) is 0.816. The van der Waals surface area contributed by atoms with Gasteiger partial charge in [-0.1, -0.05) is 60.7 Å². The fourth-order valence-electron chi connectivity index (χ4n) is 4.44. The van der Waals surface area contributed by atoms with Crippen LogP contribution in [-0.4, -0.2) is 48.8 Å². The zero-order valence-corrected chi connectivity index (χ0v) is 19.2. The number of aliphatic carboxylic acids is 1. The molecule has 1 aliphatic rings. The van der Waals surface area contributed by atoms with Gasteiger partial charge in [0.1, 0.15) is 6.04 Å². The SMILES string of the molecule is COc1cc2c(cc1OC)[C@H](c1ccccc1)N(C(=O)N[C@H](Cc1ccccc1)C(=O)O)CC2. The lowest BCUT2D eigenvalue weighted by Gasteiger charge is -2.38. The van der Waals surface area contributed by atoms with Gasteiger partial charge in [-0.05, 0) is 40.8 Å². The number of benzene rings is 3. The summed E-state index contributed by atoms with van der Waals surface area (Å²) >= 11 is 0. The second-order valence-electron chi connectivity index (χ2n) is 8.19. The largest absolute Gasteiger partial charge is 0.493 e. The molecule has 0 aromatic heterocycles. The first-order valence-corrected chi connectivity index (χ1v) is 11.2. The normalized spacial score (nSPS) is 15.7. The van der Waals surface area contributed by atoms with E-state index in [1.807, 2.05) is 72.8 Å². The molecule has 0 bridgehead atoms. The topological polar surface area (TPSA) is 88.1 Å². The van der Waals surface area contributed by atoms with Gasteiger partial charge < -0.3 is 24.8 Å². The van der Waals surface area contributed by atoms with Crippen molar-refractivity contribution in [3.05, 3.63) is 95.1 Å². The third-order valence-electron chi connectivity index (χ3n) is 6.13. The van der Waals surface area contributed by atoms with Gasteiger partial charge in [0.15, 0.2) is 11.5 Å². The molecule has 34 heavy (non-hydrogen) atoms. The highest BCUT2D eigenvalue weighted by Crippen LogP contribution is 2.41. The van der Waals surface area contributed by atoms with E-state index in [9.17, 15) is 14.7 Å². The minimum absolute atomic E-state index is 0.202. The molecule has 3 aromatic rings. The summed E-state index contributed by atoms with van der Waals surface area (Å²) < 4.78 is 11.0. The number of carboxylic acids is 1. The Balaban J connectivity index is 1.67. The number of rotatable bonds is 7. The first kappa shape index (κ1) is 23.2. The van der Waals surface area contributed by atoms with Crippen LogP contribution in [0.15, 0.2) is 72.8 Å². The molecule has 176 valence electrons. The van der Waals surface area contributed by atoms with E-state index >= 15 is 0 Å². The molecule has 0 fully saturated rings. The summed E-state index contributed by atoms with van der Waals surface area (Å²) in [6.45, 7) is 0.436. The molecular weight excluding hydrogens is 432 g/mol. The maximum atomic E-state index is 13.5. The van der Waals surface area contributed by atoms with Gasteiger partial charge in [-0.2, -0.15) is 0 Å². The number of fused-ring (bicyclic) bond motifs is 1. The van der Waals surface area contributed by atoms with Crippen molar-refractivity contribution >= 4 is 12.0 Å². The lowest BCUT2D eigenvalue weighted by atomic mass is 9.88. The summed E-state index contributed by atoms with van der Waals surface area (Å²) in [5, 5.41) is 12.5. The molecular formula is C27H28N2O5. The van der Waals surface area contributed by atoms with E-state index in [2.05, 4.69) is 5.32 Å². The Kier molecular flexibility index (Phi) is 7.01. The Morgan fingerprint density at radius 1 is 1.00 bits per heavy atom. The number of methoxy groups -OCH3 is 2. The van der Waals surface area contributed by atoms with Gasteiger partial charge in [0.05, 0.1) is 20.3 Å². The van der Waals surface area contributed by atoms with Crippen molar-refractivity contribution in [3.63, 3.8) is 0 Å². The Morgan fingerprint density at radius 3 is 2.24 bits per heavy atom. The smallest absolute Gasteiger partial charge is 0.326 e. The van der Waals surface area contributed by atoms with Gasteiger partial charge in [0.25, 0.3) is 0 Å². The van der Waals surface area contributed by atoms with E-state index in [1.165, 1.54) is 0 Å². The summed E-state index contributed by atoms with van der Waals surface area (Å²) in [7, 11) is 3.18. The maximum Gasteiger partial charge on any atom is 0.326 e. The van der Waals surface area contributed by atoms with Crippen molar-refractivity contribution in [1.82, 2.24) is 10.2 Å². The molecule has 0 spiro atoms. The van der Waals surface area contributed by atoms with Crippen molar-refractivity contribution in [2.75, 3.05) is 20.8 Å². The van der Waals surface area contributed by atoms with Crippen molar-refractivity contribution in [2.45, 2.75) is 24.9 Å². The highest BCUT2D eigenvalue weighted by Gasteiger charge is 2.35. The van der Waals surface area contributed by atoms with Gasteiger partial charge in [-0.3, -0.25) is 0 Å². The van der Waals surface area contributed by atoms with E-state index in [1.54, 1.807) is 19.1 Å². The summed E-state index contributed by atoms with van der Waals surface area (Å²) in [6, 6.07) is 21.0. The van der Waals surface area contributed by atoms with Crippen molar-refractivity contribution in [2.24, 2.45) is 0 Å². The molecule has 3 aromatic carbocycles. The van der Waals surface area contributed by atoms with Gasteiger partial charge in [-0.15, -0.1) is 0 Å². The third kappa shape index (κ3) is 4.83. The number of nitrogens with zero attached hydrogens (tertiary/aromatic N) is 1. The van der Waals surface area contributed by atoms with Crippen molar-refractivity contribution in [1.29, 1.82) is 0 Å². The molecule has 7 heteroatoms. The number of amides is 2. The standard InChI is InChI=1S/C27H28N2O5/c1-33-23-16-20-13-14-29(25(19-11-7-4-8-12-19)21(20)17-24(23)34-2)27(32)28-22(26(30)31)15-18-9-5-3-6-10-18/h3-12,16-17,22,25H,13-15H2,1-2H3,(H,28,32)(H,30,31)/t22-,25+/m1/s1. The molecule has 1 aliphatic heterocycles. The first-order chi connectivity index (χ1) is 16.5. The van der Waals surface area contributed by atoms with Crippen LogP contribution in [0, 0.1) is 0 Å². The average molecular weight is 461 g/mol. The predicted octanol–water partition coefficient (Wildman–Crippen LogP) is 4.06. The Hall–Kier alpha value is -4.00. The molecule has 0 radical (unpaired) electrons. The molecule has 1 heterocycles. The van der Waals surface area contributed by atoms with Crippen LogP contribution in [0.4, 0.5) is 4.79 Å². The quantitative estimate of drug-likeness (QED) is 0.555. The fraction of sp³-hybridized carbons (Fsp3) is 0.259. The Labute approximate surface area is 198 Å². The Bertz CT molecular complexity index is 1150. The number of nitrogens with one attached hydrogen (secondary N) is 1. The van der Waals surface area contributed by atoms with Crippen LogP contribution >= 0.6 is 0 Å². The number of carboxylic acid groups (broad SMARTS) is 1. The molecule has 0 unspecified atom stereocenters. The number of hydrogen-bond acceptors (Lipinski definition) is 4. The maximum absolute atomic E-state index is 13.5. The third-order valence-corrected chi connectivity index (χ3v) is 6.13. The van der Waals surface area contributed by atoms with E-state index < -0.39 is 24.1 Å². The molecule has 2 atom stereocenters. The fourth-order valence-corrected chi connectivity index (χ4v) is 4.44. The molecule has 4 rings (SSSR count). The van der Waals surface area contributed by atoms with Gasteiger partial charge in [0.2, 0.25) is 0 Å². The second kappa shape index (κ2) is 10.3. The highest BCUT2D eigenvalue weighted by atomic mass is 16.5. The zero-order chi connectivity index (χ0) is 24.1. The molecule has 7 nitrogen and oxygen atoms in total. The van der Waals surface area contributed by atoms with Gasteiger partial charge in [0, 0.05) is 13.0 Å². The molecule has 0 saturated heterocycles. The van der Waals surface area contributed by atoms with Crippen LogP contribution in [0.3, 0.4) is 0 Å². The van der Waals surface area contributed by atoms with Crippen LogP contribution in [0.1, 0.15) is 28.3 Å². The first-order valence-electron chi connectivity index (χ1n) is 11.2. The van der Waals surface area contributed by atoms with E-state index in [0.717, 1.165) is 22.3 Å². The van der Waals surface area contributed by atoms with Gasteiger partial charge >= 0.3 is 12.0 Å².